The van der Waals surface area contributed by atoms with Gasteiger partial charge in [0, 0.05) is 6.54 Å². The standard InChI is InChI=1S/C13H22N2O2/c1-5-15-10(8(2)3)11(16)14-13(4,12(15)17)9-6-7-9/h8-10H,5-7H2,1-4H3,(H,14,16). The van der Waals surface area contributed by atoms with E-state index in [-0.39, 0.29) is 23.8 Å². The molecule has 2 fully saturated rings. The highest BCUT2D eigenvalue weighted by Crippen LogP contribution is 2.42. The molecule has 17 heavy (non-hydrogen) atoms. The van der Waals surface area contributed by atoms with Crippen LogP contribution in [0, 0.1) is 11.8 Å². The monoisotopic (exact) mass is 238 g/mol. The van der Waals surface area contributed by atoms with Gasteiger partial charge in [-0.05, 0) is 38.5 Å². The molecule has 2 aliphatic rings. The molecule has 1 aliphatic carbocycles. The maximum absolute atomic E-state index is 12.5. The average molecular weight is 238 g/mol. The van der Waals surface area contributed by atoms with Crippen molar-refractivity contribution < 1.29 is 9.59 Å². The molecule has 4 nitrogen and oxygen atoms in total. The highest BCUT2D eigenvalue weighted by molar-refractivity contribution is 6.00. The van der Waals surface area contributed by atoms with Gasteiger partial charge in [0.1, 0.15) is 11.6 Å². The van der Waals surface area contributed by atoms with E-state index in [9.17, 15) is 9.59 Å². The van der Waals surface area contributed by atoms with Crippen molar-refractivity contribution >= 4 is 11.8 Å². The van der Waals surface area contributed by atoms with Crippen molar-refractivity contribution in [2.24, 2.45) is 11.8 Å². The molecule has 2 atom stereocenters. The Morgan fingerprint density at radius 2 is 2.00 bits per heavy atom. The van der Waals surface area contributed by atoms with E-state index in [1.54, 1.807) is 4.90 Å². The zero-order valence-electron chi connectivity index (χ0n) is 11.1. The molecule has 96 valence electrons. The molecule has 2 unspecified atom stereocenters. The summed E-state index contributed by atoms with van der Waals surface area (Å²) < 4.78 is 0. The van der Waals surface area contributed by atoms with Crippen molar-refractivity contribution in [3.8, 4) is 0 Å². The smallest absolute Gasteiger partial charge is 0.249 e. The highest BCUT2D eigenvalue weighted by atomic mass is 16.2. The van der Waals surface area contributed by atoms with Gasteiger partial charge in [-0.1, -0.05) is 13.8 Å². The molecule has 0 aromatic heterocycles. The molecular weight excluding hydrogens is 216 g/mol. The molecular formula is C13H22N2O2. The molecule has 0 spiro atoms. The van der Waals surface area contributed by atoms with Gasteiger partial charge in [-0.15, -0.1) is 0 Å². The van der Waals surface area contributed by atoms with Crippen molar-refractivity contribution in [2.75, 3.05) is 6.54 Å². The number of nitrogens with one attached hydrogen (secondary N) is 1. The van der Waals surface area contributed by atoms with E-state index in [1.807, 2.05) is 27.7 Å². The number of piperazine rings is 1. The van der Waals surface area contributed by atoms with Gasteiger partial charge in [-0.25, -0.2) is 0 Å². The molecule has 1 saturated heterocycles. The Labute approximate surface area is 103 Å². The topological polar surface area (TPSA) is 49.4 Å². The predicted molar refractivity (Wildman–Crippen MR) is 65.3 cm³/mol. The minimum atomic E-state index is -0.654. The molecule has 1 saturated carbocycles. The summed E-state index contributed by atoms with van der Waals surface area (Å²) in [6.45, 7) is 8.40. The van der Waals surface area contributed by atoms with Crippen LogP contribution in [-0.2, 0) is 9.59 Å². The third-order valence-corrected chi connectivity index (χ3v) is 4.06. The largest absolute Gasteiger partial charge is 0.340 e. The Kier molecular flexibility index (Phi) is 2.92. The molecule has 2 amide bonds. The Morgan fingerprint density at radius 3 is 2.41 bits per heavy atom. The Balaban J connectivity index is 2.30. The van der Waals surface area contributed by atoms with Gasteiger partial charge in [0.05, 0.1) is 0 Å². The lowest BCUT2D eigenvalue weighted by molar-refractivity contribution is -0.156. The van der Waals surface area contributed by atoms with Crippen molar-refractivity contribution in [2.45, 2.75) is 52.1 Å². The van der Waals surface area contributed by atoms with Crippen LogP contribution in [0.4, 0.5) is 0 Å². The fraction of sp³-hybridized carbons (Fsp3) is 0.846. The second-order valence-electron chi connectivity index (χ2n) is 5.75. The zero-order valence-corrected chi connectivity index (χ0v) is 11.1. The minimum Gasteiger partial charge on any atom is -0.340 e. The molecule has 0 aromatic rings. The number of likely N-dealkylation sites (N-methyl/N-ethyl adjacent to an activating group) is 1. The highest BCUT2D eigenvalue weighted by Gasteiger charge is 2.55. The number of carbonyl (C=O) groups excluding carboxylic acids is 2. The van der Waals surface area contributed by atoms with Crippen LogP contribution >= 0.6 is 0 Å². The lowest BCUT2D eigenvalue weighted by Crippen LogP contribution is -2.71. The fourth-order valence-corrected chi connectivity index (χ4v) is 2.89. The second kappa shape index (κ2) is 4.00. The molecule has 0 bridgehead atoms. The van der Waals surface area contributed by atoms with Gasteiger partial charge in [0.25, 0.3) is 0 Å². The van der Waals surface area contributed by atoms with E-state index in [0.717, 1.165) is 12.8 Å². The summed E-state index contributed by atoms with van der Waals surface area (Å²) >= 11 is 0. The van der Waals surface area contributed by atoms with Crippen molar-refractivity contribution in [3.05, 3.63) is 0 Å². The van der Waals surface area contributed by atoms with E-state index in [4.69, 9.17) is 0 Å². The van der Waals surface area contributed by atoms with E-state index < -0.39 is 5.54 Å². The molecule has 1 aliphatic heterocycles. The molecule has 2 rings (SSSR count). The summed E-state index contributed by atoms with van der Waals surface area (Å²) in [5, 5.41) is 2.97. The maximum Gasteiger partial charge on any atom is 0.249 e. The van der Waals surface area contributed by atoms with Crippen molar-refractivity contribution in [3.63, 3.8) is 0 Å². The van der Waals surface area contributed by atoms with Crippen LogP contribution in [0.1, 0.15) is 40.5 Å². The van der Waals surface area contributed by atoms with Crippen LogP contribution in [-0.4, -0.2) is 34.8 Å². The number of nitrogens with zero attached hydrogens (tertiary/aromatic N) is 1. The number of hydrogen-bond acceptors (Lipinski definition) is 2. The number of rotatable bonds is 3. The van der Waals surface area contributed by atoms with E-state index >= 15 is 0 Å². The van der Waals surface area contributed by atoms with Crippen molar-refractivity contribution in [1.29, 1.82) is 0 Å². The quantitative estimate of drug-likeness (QED) is 0.802. The summed E-state index contributed by atoms with van der Waals surface area (Å²) in [7, 11) is 0. The summed E-state index contributed by atoms with van der Waals surface area (Å²) in [4.78, 5) is 26.5. The zero-order chi connectivity index (χ0) is 12.8. The Morgan fingerprint density at radius 1 is 1.41 bits per heavy atom. The average Bonchev–Trinajstić information content (AvgIpc) is 3.05. The maximum atomic E-state index is 12.5. The lowest BCUT2D eigenvalue weighted by atomic mass is 9.86. The summed E-state index contributed by atoms with van der Waals surface area (Å²) in [5.41, 5.74) is -0.654. The summed E-state index contributed by atoms with van der Waals surface area (Å²) in [6, 6.07) is -0.306. The van der Waals surface area contributed by atoms with Crippen LogP contribution in [0.3, 0.4) is 0 Å². The Bertz CT molecular complexity index is 349. The van der Waals surface area contributed by atoms with Crippen LogP contribution in [0.15, 0.2) is 0 Å². The van der Waals surface area contributed by atoms with Crippen LogP contribution in [0.5, 0.6) is 0 Å². The first-order valence-electron chi connectivity index (χ1n) is 6.55. The van der Waals surface area contributed by atoms with Gasteiger partial charge in [-0.2, -0.15) is 0 Å². The fourth-order valence-electron chi connectivity index (χ4n) is 2.89. The van der Waals surface area contributed by atoms with Crippen LogP contribution in [0.2, 0.25) is 0 Å². The van der Waals surface area contributed by atoms with Crippen LogP contribution in [0.25, 0.3) is 0 Å². The Hall–Kier alpha value is -1.06. The molecule has 1 heterocycles. The third-order valence-electron chi connectivity index (χ3n) is 4.06. The first-order valence-corrected chi connectivity index (χ1v) is 6.55. The first-order chi connectivity index (χ1) is 7.91. The van der Waals surface area contributed by atoms with Gasteiger partial charge in [-0.3, -0.25) is 9.59 Å². The first kappa shape index (κ1) is 12.4. The molecule has 0 aromatic carbocycles. The van der Waals surface area contributed by atoms with E-state index in [0.29, 0.717) is 12.5 Å². The summed E-state index contributed by atoms with van der Waals surface area (Å²) in [6.07, 6.45) is 2.10. The normalized spacial score (nSPS) is 34.2. The van der Waals surface area contributed by atoms with Crippen molar-refractivity contribution in [1.82, 2.24) is 10.2 Å². The second-order valence-corrected chi connectivity index (χ2v) is 5.75. The van der Waals surface area contributed by atoms with E-state index in [2.05, 4.69) is 5.32 Å². The predicted octanol–water partition coefficient (Wildman–Crippen LogP) is 1.16. The third kappa shape index (κ3) is 1.83. The van der Waals surface area contributed by atoms with Gasteiger partial charge in [0.2, 0.25) is 11.8 Å². The van der Waals surface area contributed by atoms with Crippen LogP contribution < -0.4 is 5.32 Å². The number of carbonyl (C=O) groups is 2. The lowest BCUT2D eigenvalue weighted by Gasteiger charge is -2.45. The molecule has 0 radical (unpaired) electrons. The molecule has 4 heteroatoms. The van der Waals surface area contributed by atoms with Gasteiger partial charge < -0.3 is 10.2 Å². The number of amides is 2. The van der Waals surface area contributed by atoms with Gasteiger partial charge >= 0.3 is 0 Å². The van der Waals surface area contributed by atoms with Gasteiger partial charge in [0.15, 0.2) is 0 Å². The SMILES string of the molecule is CCN1C(=O)C(C)(C2CC2)NC(=O)C1C(C)C. The van der Waals surface area contributed by atoms with E-state index in [1.165, 1.54) is 0 Å². The summed E-state index contributed by atoms with van der Waals surface area (Å²) in [5.74, 6) is 0.598. The minimum absolute atomic E-state index is 0.0100. The number of hydrogen-bond donors (Lipinski definition) is 1. The molecule has 1 N–H and O–H groups in total.